The van der Waals surface area contributed by atoms with Crippen LogP contribution in [-0.2, 0) is 14.9 Å². The number of allylic oxidation sites excluding steroid dienone is 11. The molecule has 252 valence electrons. The molecule has 0 aromatic rings. The van der Waals surface area contributed by atoms with Crippen LogP contribution < -0.4 is 5.32 Å². The maximum Gasteiger partial charge on any atom is 0.267 e. The van der Waals surface area contributed by atoms with Crippen LogP contribution in [0.1, 0.15) is 136 Å². The number of unbranched alkanes of at least 4 members (excludes halogenated alkanes) is 11. The molecule has 0 heterocycles. The van der Waals surface area contributed by atoms with Gasteiger partial charge in [0.1, 0.15) is 0 Å². The summed E-state index contributed by atoms with van der Waals surface area (Å²) in [6.07, 6.45) is 43.1. The zero-order valence-corrected chi connectivity index (χ0v) is 28.6. The number of amides is 1. The van der Waals surface area contributed by atoms with Gasteiger partial charge in [-0.1, -0.05) is 132 Å². The minimum absolute atomic E-state index is 0.269. The van der Waals surface area contributed by atoms with Gasteiger partial charge in [0, 0.05) is 6.42 Å². The van der Waals surface area contributed by atoms with Gasteiger partial charge in [-0.05, 0) is 70.6 Å². The highest BCUT2D eigenvalue weighted by Gasteiger charge is 2.24. The molecule has 0 saturated carbocycles. The molecule has 6 nitrogen and oxygen atoms in total. The van der Waals surface area contributed by atoms with Crippen LogP contribution in [-0.4, -0.2) is 41.9 Å². The molecule has 3 N–H and O–H groups in total. The summed E-state index contributed by atoms with van der Waals surface area (Å²) in [6.45, 7) is 4.33. The number of carbonyl (C=O) groups is 1. The lowest BCUT2D eigenvalue weighted by Gasteiger charge is -2.21. The molecule has 0 aliphatic heterocycles. The first-order valence-electron chi connectivity index (χ1n) is 17.1. The Kier molecular flexibility index (Phi) is 29.2. The third-order valence-corrected chi connectivity index (χ3v) is 7.87. The van der Waals surface area contributed by atoms with Crippen LogP contribution in [0.15, 0.2) is 72.9 Å². The van der Waals surface area contributed by atoms with Gasteiger partial charge in [0.25, 0.3) is 10.1 Å². The molecule has 0 aliphatic rings. The fourth-order valence-electron chi connectivity index (χ4n) is 4.54. The van der Waals surface area contributed by atoms with E-state index in [4.69, 9.17) is 0 Å². The third kappa shape index (κ3) is 31.2. The first kappa shape index (κ1) is 41.8. The molecule has 2 atom stereocenters. The van der Waals surface area contributed by atoms with Gasteiger partial charge in [-0.3, -0.25) is 9.35 Å². The molecule has 0 radical (unpaired) electrons. The fraction of sp³-hybridized carbons (Fsp3) is 0.649. The minimum atomic E-state index is -4.36. The van der Waals surface area contributed by atoms with E-state index in [1.165, 1.54) is 38.2 Å². The van der Waals surface area contributed by atoms with Gasteiger partial charge >= 0.3 is 0 Å². The molecule has 0 saturated heterocycles. The summed E-state index contributed by atoms with van der Waals surface area (Å²) in [6, 6.07) is -1.09. The van der Waals surface area contributed by atoms with E-state index in [0.717, 1.165) is 70.6 Å². The number of hydrogen-bond acceptors (Lipinski definition) is 4. The molecular weight excluding hydrogens is 570 g/mol. The summed E-state index contributed by atoms with van der Waals surface area (Å²) < 4.78 is 32.3. The smallest absolute Gasteiger partial charge is 0.267 e. The number of rotatable bonds is 29. The predicted octanol–water partition coefficient (Wildman–Crippen LogP) is 9.51. The van der Waals surface area contributed by atoms with E-state index < -0.39 is 28.0 Å². The van der Waals surface area contributed by atoms with Crippen molar-refractivity contribution >= 4 is 16.0 Å². The molecule has 44 heavy (non-hydrogen) atoms. The SMILES string of the molecule is CC/C=C\C/C=C\C/C=C\CCCCCCCCCC(=O)NC(CS(=O)(=O)O)C(O)/C=C/CC/C=C/CC/C=C/CCCC. The number of aliphatic hydroxyl groups excluding tert-OH is 1. The molecule has 7 heteroatoms. The zero-order valence-electron chi connectivity index (χ0n) is 27.8. The second kappa shape index (κ2) is 30.8. The van der Waals surface area contributed by atoms with E-state index in [2.05, 4.69) is 79.9 Å². The molecule has 1 amide bonds. The van der Waals surface area contributed by atoms with Gasteiger partial charge in [0.15, 0.2) is 0 Å². The van der Waals surface area contributed by atoms with E-state index in [1.807, 2.05) is 0 Å². The lowest BCUT2D eigenvalue weighted by atomic mass is 10.1. The van der Waals surface area contributed by atoms with Crippen molar-refractivity contribution in [3.63, 3.8) is 0 Å². The molecule has 0 fully saturated rings. The van der Waals surface area contributed by atoms with Crippen LogP contribution in [0.4, 0.5) is 0 Å². The lowest BCUT2D eigenvalue weighted by Crippen LogP contribution is -2.46. The summed E-state index contributed by atoms with van der Waals surface area (Å²) in [7, 11) is -4.36. The predicted molar refractivity (Wildman–Crippen MR) is 188 cm³/mol. The maximum atomic E-state index is 12.4. The van der Waals surface area contributed by atoms with Gasteiger partial charge in [-0.15, -0.1) is 0 Å². The Morgan fingerprint density at radius 2 is 1.11 bits per heavy atom. The number of aliphatic hydroxyl groups is 1. The van der Waals surface area contributed by atoms with Crippen molar-refractivity contribution in [2.75, 3.05) is 5.75 Å². The Hall–Kier alpha value is -2.22. The Labute approximate surface area is 270 Å². The van der Waals surface area contributed by atoms with Crippen LogP contribution in [0, 0.1) is 0 Å². The monoisotopic (exact) mass is 633 g/mol. The van der Waals surface area contributed by atoms with Crippen LogP contribution in [0.5, 0.6) is 0 Å². The summed E-state index contributed by atoms with van der Waals surface area (Å²) in [5.74, 6) is -1.03. The molecule has 2 unspecified atom stereocenters. The first-order chi connectivity index (χ1) is 21.3. The van der Waals surface area contributed by atoms with E-state index in [1.54, 1.807) is 6.08 Å². The maximum absolute atomic E-state index is 12.4. The molecule has 0 aromatic carbocycles. The topological polar surface area (TPSA) is 104 Å². The quantitative estimate of drug-likeness (QED) is 0.0432. The van der Waals surface area contributed by atoms with Crippen LogP contribution in [0.25, 0.3) is 0 Å². The number of nitrogens with one attached hydrogen (secondary N) is 1. The summed E-state index contributed by atoms with van der Waals surface area (Å²) in [5, 5.41) is 13.1. The van der Waals surface area contributed by atoms with Gasteiger partial charge in [0.05, 0.1) is 17.9 Å². The molecule has 0 spiro atoms. The second-order valence-corrected chi connectivity index (χ2v) is 12.9. The van der Waals surface area contributed by atoms with Crippen LogP contribution in [0.2, 0.25) is 0 Å². The number of hydrogen-bond donors (Lipinski definition) is 3. The average Bonchev–Trinajstić information content (AvgIpc) is 2.98. The van der Waals surface area contributed by atoms with Crippen molar-refractivity contribution in [2.45, 2.75) is 148 Å². The van der Waals surface area contributed by atoms with E-state index >= 15 is 0 Å². The molecular formula is C37H63NO5S. The minimum Gasteiger partial charge on any atom is -0.387 e. The summed E-state index contributed by atoms with van der Waals surface area (Å²) in [5.41, 5.74) is 0. The highest BCUT2D eigenvalue weighted by atomic mass is 32.2. The molecule has 0 aromatic heterocycles. The van der Waals surface area contributed by atoms with E-state index in [0.29, 0.717) is 12.8 Å². The standard InChI is InChI=1S/C37H63NO5S/c1-3-5-7-9-11-13-15-17-18-19-20-21-23-25-27-29-31-33-37(40)38-35(34-44(41,42)43)36(39)32-30-28-26-24-22-16-14-12-10-8-6-4-2/h5,7,10-13,17-18,22,24,30,32,35-36,39H,3-4,6,8-9,14-16,19-21,23,25-29,31,33-34H2,1-2H3,(H,38,40)(H,41,42,43)/b7-5-,12-10+,13-11-,18-17-,24-22+,32-30+. The highest BCUT2D eigenvalue weighted by molar-refractivity contribution is 7.85. The normalized spacial score (nSPS) is 14.4. The molecule has 0 aliphatic carbocycles. The number of carbonyl (C=O) groups excluding carboxylic acids is 1. The van der Waals surface area contributed by atoms with Crippen molar-refractivity contribution < 1.29 is 22.9 Å². The summed E-state index contributed by atoms with van der Waals surface area (Å²) >= 11 is 0. The summed E-state index contributed by atoms with van der Waals surface area (Å²) in [4.78, 5) is 12.4. The van der Waals surface area contributed by atoms with Crippen molar-refractivity contribution in [3.05, 3.63) is 72.9 Å². The first-order valence-corrected chi connectivity index (χ1v) is 18.7. The Morgan fingerprint density at radius 3 is 1.70 bits per heavy atom. The largest absolute Gasteiger partial charge is 0.387 e. The second-order valence-electron chi connectivity index (χ2n) is 11.4. The van der Waals surface area contributed by atoms with Crippen molar-refractivity contribution in [1.29, 1.82) is 0 Å². The molecule has 0 rings (SSSR count). The van der Waals surface area contributed by atoms with Crippen LogP contribution >= 0.6 is 0 Å². The third-order valence-electron chi connectivity index (χ3n) is 7.09. The van der Waals surface area contributed by atoms with E-state index in [-0.39, 0.29) is 12.3 Å². The van der Waals surface area contributed by atoms with Crippen molar-refractivity contribution in [2.24, 2.45) is 0 Å². The van der Waals surface area contributed by atoms with Gasteiger partial charge < -0.3 is 10.4 Å². The van der Waals surface area contributed by atoms with Gasteiger partial charge in [0.2, 0.25) is 5.91 Å². The zero-order chi connectivity index (χ0) is 32.6. The Balaban J connectivity index is 4.10. The van der Waals surface area contributed by atoms with Crippen LogP contribution in [0.3, 0.4) is 0 Å². The Bertz CT molecular complexity index is 962. The highest BCUT2D eigenvalue weighted by Crippen LogP contribution is 2.11. The van der Waals surface area contributed by atoms with Crippen molar-refractivity contribution in [1.82, 2.24) is 5.32 Å². The lowest BCUT2D eigenvalue weighted by molar-refractivity contribution is -0.122. The van der Waals surface area contributed by atoms with E-state index in [9.17, 15) is 22.9 Å². The average molecular weight is 634 g/mol. The Morgan fingerprint density at radius 1 is 0.636 bits per heavy atom. The van der Waals surface area contributed by atoms with Gasteiger partial charge in [-0.25, -0.2) is 0 Å². The van der Waals surface area contributed by atoms with Crippen molar-refractivity contribution in [3.8, 4) is 0 Å². The molecule has 0 bridgehead atoms. The van der Waals surface area contributed by atoms with Gasteiger partial charge in [-0.2, -0.15) is 8.42 Å². The fourth-order valence-corrected chi connectivity index (χ4v) is 5.27.